The van der Waals surface area contributed by atoms with Gasteiger partial charge in [-0.2, -0.15) is 0 Å². The van der Waals surface area contributed by atoms with Crippen molar-refractivity contribution in [2.75, 3.05) is 19.0 Å². The molecule has 106 valence electrons. The number of aromatic nitrogens is 1. The maximum Gasteiger partial charge on any atom is 0.286 e. The van der Waals surface area contributed by atoms with Crippen molar-refractivity contribution in [3.05, 3.63) is 17.8 Å². The van der Waals surface area contributed by atoms with Crippen LogP contribution in [0.2, 0.25) is 0 Å². The number of oxazole rings is 1. The van der Waals surface area contributed by atoms with Crippen molar-refractivity contribution in [3.8, 4) is 0 Å². The van der Waals surface area contributed by atoms with Crippen LogP contribution >= 0.6 is 0 Å². The number of carbonyl (C=O) groups is 1. The fraction of sp³-hybridized carbons (Fsp3) is 0.636. The Labute approximate surface area is 111 Å². The van der Waals surface area contributed by atoms with E-state index in [-0.39, 0.29) is 17.4 Å². The molecule has 19 heavy (non-hydrogen) atoms. The second kappa shape index (κ2) is 5.70. The Morgan fingerprint density at radius 2 is 2.37 bits per heavy atom. The molecule has 0 unspecified atom stereocenters. The molecule has 1 aromatic rings. The van der Waals surface area contributed by atoms with Gasteiger partial charge in [-0.1, -0.05) is 6.92 Å². The number of amides is 1. The Balaban J connectivity index is 1.96. The largest absolute Gasteiger partial charge is 0.448 e. The minimum Gasteiger partial charge on any atom is -0.448 e. The monoisotopic (exact) mass is 288 g/mol. The van der Waals surface area contributed by atoms with Gasteiger partial charge < -0.3 is 9.15 Å². The SMILES string of the molecule is CCc1nc(C(=O)NS(=O)(=O)C[C@@H]2CCOC2)co1. The molecule has 1 fully saturated rings. The van der Waals surface area contributed by atoms with E-state index < -0.39 is 15.9 Å². The summed E-state index contributed by atoms with van der Waals surface area (Å²) in [6.45, 7) is 2.81. The van der Waals surface area contributed by atoms with E-state index in [1.165, 1.54) is 0 Å². The summed E-state index contributed by atoms with van der Waals surface area (Å²) in [4.78, 5) is 15.6. The van der Waals surface area contributed by atoms with Crippen LogP contribution in [-0.4, -0.2) is 38.3 Å². The highest BCUT2D eigenvalue weighted by atomic mass is 32.2. The molecule has 8 heteroatoms. The summed E-state index contributed by atoms with van der Waals surface area (Å²) in [5, 5.41) is 0. The zero-order valence-corrected chi connectivity index (χ0v) is 11.4. The molecule has 1 saturated heterocycles. The van der Waals surface area contributed by atoms with E-state index >= 15 is 0 Å². The van der Waals surface area contributed by atoms with Crippen molar-refractivity contribution in [3.63, 3.8) is 0 Å². The van der Waals surface area contributed by atoms with E-state index in [1.54, 1.807) is 0 Å². The van der Waals surface area contributed by atoms with Crippen LogP contribution in [0.15, 0.2) is 10.7 Å². The molecule has 1 aliphatic heterocycles. The number of hydrogen-bond donors (Lipinski definition) is 1. The summed E-state index contributed by atoms with van der Waals surface area (Å²) in [5.74, 6) is -0.542. The molecule has 1 aliphatic rings. The van der Waals surface area contributed by atoms with Crippen molar-refractivity contribution in [2.45, 2.75) is 19.8 Å². The average molecular weight is 288 g/mol. The van der Waals surface area contributed by atoms with Crippen molar-refractivity contribution < 1.29 is 22.4 Å². The third kappa shape index (κ3) is 3.77. The minimum absolute atomic E-state index is 0.0249. The van der Waals surface area contributed by atoms with Gasteiger partial charge in [0, 0.05) is 18.9 Å². The first-order valence-corrected chi connectivity index (χ1v) is 7.72. The van der Waals surface area contributed by atoms with Crippen LogP contribution in [0.5, 0.6) is 0 Å². The Kier molecular flexibility index (Phi) is 4.20. The average Bonchev–Trinajstić information content (AvgIpc) is 2.97. The fourth-order valence-electron chi connectivity index (χ4n) is 1.84. The van der Waals surface area contributed by atoms with Crippen LogP contribution in [-0.2, 0) is 21.2 Å². The minimum atomic E-state index is -3.67. The summed E-state index contributed by atoms with van der Waals surface area (Å²) >= 11 is 0. The Morgan fingerprint density at radius 1 is 1.58 bits per heavy atom. The molecular weight excluding hydrogens is 272 g/mol. The molecule has 1 atom stereocenters. The summed E-state index contributed by atoms with van der Waals surface area (Å²) < 4.78 is 35.7. The molecule has 7 nitrogen and oxygen atoms in total. The van der Waals surface area contributed by atoms with E-state index in [0.717, 1.165) is 6.26 Å². The van der Waals surface area contributed by atoms with E-state index in [0.29, 0.717) is 31.9 Å². The lowest BCUT2D eigenvalue weighted by molar-refractivity contribution is 0.0976. The quantitative estimate of drug-likeness (QED) is 0.838. The number of hydrogen-bond acceptors (Lipinski definition) is 6. The summed E-state index contributed by atoms with van der Waals surface area (Å²) in [7, 11) is -3.67. The van der Waals surface area contributed by atoms with Gasteiger partial charge in [-0.25, -0.2) is 18.1 Å². The first-order valence-electron chi connectivity index (χ1n) is 6.07. The second-order valence-electron chi connectivity index (χ2n) is 4.42. The standard InChI is InChI=1S/C11H16N2O5S/c1-2-10-12-9(6-18-10)11(14)13-19(15,16)7-8-3-4-17-5-8/h6,8H,2-5,7H2,1H3,(H,13,14)/t8-/m1/s1. The molecular formula is C11H16N2O5S. The number of nitrogens with one attached hydrogen (secondary N) is 1. The molecule has 1 aromatic heterocycles. The highest BCUT2D eigenvalue weighted by Crippen LogP contribution is 2.14. The molecule has 0 radical (unpaired) electrons. The number of nitrogens with zero attached hydrogens (tertiary/aromatic N) is 1. The zero-order chi connectivity index (χ0) is 13.9. The zero-order valence-electron chi connectivity index (χ0n) is 10.6. The van der Waals surface area contributed by atoms with Crippen LogP contribution in [0, 0.1) is 5.92 Å². The third-order valence-corrected chi connectivity index (χ3v) is 4.22. The first kappa shape index (κ1) is 14.0. The number of rotatable bonds is 5. The highest BCUT2D eigenvalue weighted by molar-refractivity contribution is 7.90. The molecule has 0 saturated carbocycles. The molecule has 1 amide bonds. The maximum absolute atomic E-state index is 11.8. The molecule has 2 rings (SSSR count). The molecule has 1 N–H and O–H groups in total. The van der Waals surface area contributed by atoms with Crippen LogP contribution in [0.4, 0.5) is 0 Å². The van der Waals surface area contributed by atoms with Gasteiger partial charge in [0.05, 0.1) is 12.4 Å². The van der Waals surface area contributed by atoms with Gasteiger partial charge in [-0.05, 0) is 6.42 Å². The molecule has 0 spiro atoms. The van der Waals surface area contributed by atoms with Crippen LogP contribution in [0.25, 0.3) is 0 Å². The fourth-order valence-corrected chi connectivity index (χ4v) is 3.19. The Hall–Kier alpha value is -1.41. The van der Waals surface area contributed by atoms with Gasteiger partial charge in [0.1, 0.15) is 6.26 Å². The lowest BCUT2D eigenvalue weighted by Crippen LogP contribution is -2.35. The smallest absolute Gasteiger partial charge is 0.286 e. The predicted octanol–water partition coefficient (Wildman–Crippen LogP) is 0.333. The number of carbonyl (C=O) groups excluding carboxylic acids is 1. The summed E-state index contributed by atoms with van der Waals surface area (Å²) in [6, 6.07) is 0. The normalized spacial score (nSPS) is 19.5. The molecule has 0 aliphatic carbocycles. The highest BCUT2D eigenvalue weighted by Gasteiger charge is 2.25. The van der Waals surface area contributed by atoms with Gasteiger partial charge in [-0.15, -0.1) is 0 Å². The van der Waals surface area contributed by atoms with Gasteiger partial charge in [0.25, 0.3) is 5.91 Å². The van der Waals surface area contributed by atoms with E-state index in [9.17, 15) is 13.2 Å². The topological polar surface area (TPSA) is 98.5 Å². The van der Waals surface area contributed by atoms with Crippen molar-refractivity contribution in [2.24, 2.45) is 5.92 Å². The van der Waals surface area contributed by atoms with Crippen molar-refractivity contribution in [1.29, 1.82) is 0 Å². The lowest BCUT2D eigenvalue weighted by atomic mass is 10.2. The second-order valence-corrected chi connectivity index (χ2v) is 6.19. The summed E-state index contributed by atoms with van der Waals surface area (Å²) in [5.41, 5.74) is -0.0249. The van der Waals surface area contributed by atoms with Crippen molar-refractivity contribution in [1.82, 2.24) is 9.71 Å². The van der Waals surface area contributed by atoms with Crippen molar-refractivity contribution >= 4 is 15.9 Å². The van der Waals surface area contributed by atoms with E-state index in [2.05, 4.69) is 4.98 Å². The van der Waals surface area contributed by atoms with Gasteiger partial charge in [0.15, 0.2) is 11.6 Å². The Morgan fingerprint density at radius 3 is 2.95 bits per heavy atom. The molecule has 0 bridgehead atoms. The van der Waals surface area contributed by atoms with Gasteiger partial charge in [0.2, 0.25) is 10.0 Å². The van der Waals surface area contributed by atoms with E-state index in [1.807, 2.05) is 11.6 Å². The van der Waals surface area contributed by atoms with Gasteiger partial charge in [-0.3, -0.25) is 4.79 Å². The summed E-state index contributed by atoms with van der Waals surface area (Å²) in [6.07, 6.45) is 2.39. The molecule has 0 aromatic carbocycles. The number of aryl methyl sites for hydroxylation is 1. The third-order valence-electron chi connectivity index (χ3n) is 2.81. The number of ether oxygens (including phenoxy) is 1. The van der Waals surface area contributed by atoms with E-state index in [4.69, 9.17) is 9.15 Å². The van der Waals surface area contributed by atoms with Crippen LogP contribution in [0.3, 0.4) is 0 Å². The van der Waals surface area contributed by atoms with Crippen LogP contribution < -0.4 is 4.72 Å². The predicted molar refractivity (Wildman–Crippen MR) is 66.1 cm³/mol. The van der Waals surface area contributed by atoms with Gasteiger partial charge >= 0.3 is 0 Å². The Bertz CT molecular complexity index is 545. The first-order chi connectivity index (χ1) is 9.00. The lowest BCUT2D eigenvalue weighted by Gasteiger charge is -2.08. The number of sulfonamides is 1. The van der Waals surface area contributed by atoms with Crippen LogP contribution in [0.1, 0.15) is 29.7 Å². The maximum atomic E-state index is 11.8. The molecule has 2 heterocycles.